The number of ether oxygens (including phenoxy) is 3. The molecule has 0 amide bonds. The fraction of sp³-hybridized carbons (Fsp3) is 0.769. The maximum atomic E-state index is 11.1. The molecule has 0 aromatic carbocycles. The van der Waals surface area contributed by atoms with Crippen LogP contribution < -0.4 is 0 Å². The van der Waals surface area contributed by atoms with Gasteiger partial charge in [-0.1, -0.05) is 0 Å². The Morgan fingerprint density at radius 3 is 1.70 bits per heavy atom. The number of carbonyl (C=O) groups is 3. The van der Waals surface area contributed by atoms with Crippen LogP contribution in [0.2, 0.25) is 0 Å². The minimum absolute atomic E-state index is 0. The molecule has 0 aliphatic heterocycles. The lowest BCUT2D eigenvalue weighted by Crippen LogP contribution is -2.31. The zero-order valence-corrected chi connectivity index (χ0v) is 14.7. The fourth-order valence-corrected chi connectivity index (χ4v) is 0.627. The Kier molecular flexibility index (Phi) is 17.7. The molecule has 140 valence electrons. The summed E-state index contributed by atoms with van der Waals surface area (Å²) < 4.78 is 14.2. The van der Waals surface area contributed by atoms with Gasteiger partial charge in [0.1, 0.15) is 6.10 Å². The van der Waals surface area contributed by atoms with E-state index in [4.69, 9.17) is 5.11 Å². The van der Waals surface area contributed by atoms with Gasteiger partial charge in [0.15, 0.2) is 12.7 Å². The predicted octanol–water partition coefficient (Wildman–Crippen LogP) is -2.31. The van der Waals surface area contributed by atoms with E-state index in [2.05, 4.69) is 42.4 Å². The first-order valence-electron chi connectivity index (χ1n) is 6.29. The molecule has 0 fully saturated rings. The third-order valence-electron chi connectivity index (χ3n) is 1.53. The highest BCUT2D eigenvalue weighted by Crippen LogP contribution is 1.98. The number of quaternary nitrogens is 1. The van der Waals surface area contributed by atoms with Crippen molar-refractivity contribution in [3.8, 4) is 0 Å². The number of rotatable bonds is 5. The largest absolute Gasteiger partial charge is 0.466 e. The monoisotopic (exact) mass is 344 g/mol. The minimum atomic E-state index is -1.32. The number of nitrogens with zero attached hydrogens (tertiary/aromatic N) is 1. The number of aliphatic hydroxyl groups excluding tert-OH is 1. The van der Waals surface area contributed by atoms with Crippen LogP contribution in [0.5, 0.6) is 0 Å². The van der Waals surface area contributed by atoms with Gasteiger partial charge in [-0.25, -0.2) is 14.4 Å². The first-order chi connectivity index (χ1) is 9.38. The number of hydrogen-bond donors (Lipinski definition) is 1. The zero-order chi connectivity index (χ0) is 17.2. The number of esters is 3. The molecule has 0 rings (SSSR count). The molecule has 0 bridgehead atoms. The summed E-state index contributed by atoms with van der Waals surface area (Å²) in [6.45, 7) is 1.92. The molecule has 0 aliphatic carbocycles. The van der Waals surface area contributed by atoms with E-state index in [1.807, 2.05) is 0 Å². The second kappa shape index (κ2) is 13.9. The molecule has 2 unspecified atom stereocenters. The normalized spacial score (nSPS) is 12.0. The summed E-state index contributed by atoms with van der Waals surface area (Å²) in [4.78, 5) is 32.6. The van der Waals surface area contributed by atoms with E-state index in [1.165, 1.54) is 13.8 Å². The van der Waals surface area contributed by atoms with Crippen molar-refractivity contribution in [2.75, 3.05) is 41.9 Å². The second-order valence-corrected chi connectivity index (χ2v) is 5.62. The molecule has 0 aliphatic rings. The van der Waals surface area contributed by atoms with Gasteiger partial charge in [-0.15, -0.1) is 0 Å². The predicted molar refractivity (Wildman–Crippen MR) is 81.4 cm³/mol. The number of aliphatic hydroxyl groups is 1. The van der Waals surface area contributed by atoms with Gasteiger partial charge in [-0.2, -0.15) is 0 Å². The van der Waals surface area contributed by atoms with E-state index in [0.29, 0.717) is 0 Å². The first-order valence-corrected chi connectivity index (χ1v) is 6.29. The van der Waals surface area contributed by atoms with Crippen LogP contribution >= 0.6 is 0 Å². The van der Waals surface area contributed by atoms with Gasteiger partial charge in [0.25, 0.3) is 0 Å². The average Bonchev–Trinajstić information content (AvgIpc) is 2.32. The lowest BCUT2D eigenvalue weighted by Gasteiger charge is -2.14. The summed E-state index contributed by atoms with van der Waals surface area (Å²) in [7, 11) is 9.65. The number of hydrogen-bond acceptors (Lipinski definition) is 7. The molecule has 23 heavy (non-hydrogen) atoms. The topological polar surface area (TPSA) is 162 Å². The van der Waals surface area contributed by atoms with Gasteiger partial charge in [-0.3, -0.25) is 0 Å². The van der Waals surface area contributed by atoms with E-state index in [9.17, 15) is 14.4 Å². The smallest absolute Gasteiger partial charge is 0.347 e. The van der Waals surface area contributed by atoms with Gasteiger partial charge in [0.2, 0.25) is 0 Å². The summed E-state index contributed by atoms with van der Waals surface area (Å²) >= 11 is 0. The Bertz CT molecular complexity index is 344. The van der Waals surface area contributed by atoms with Crippen molar-refractivity contribution < 1.29 is 49.1 Å². The van der Waals surface area contributed by atoms with Crippen LogP contribution in [0.1, 0.15) is 13.8 Å². The van der Waals surface area contributed by atoms with Crippen LogP contribution in [-0.2, 0) is 28.6 Å². The Balaban J connectivity index is -0.000000225. The van der Waals surface area contributed by atoms with Crippen molar-refractivity contribution in [1.82, 2.24) is 0 Å². The molecule has 0 heterocycles. The molecule has 0 aromatic heterocycles. The van der Waals surface area contributed by atoms with Crippen molar-refractivity contribution in [2.24, 2.45) is 0 Å². The molecule has 2 atom stereocenters. The summed E-state index contributed by atoms with van der Waals surface area (Å²) in [6.07, 6.45) is -2.51. The quantitative estimate of drug-likeness (QED) is 0.332. The average molecular weight is 344 g/mol. The maximum Gasteiger partial charge on any atom is 0.347 e. The molecule has 10 nitrogen and oxygen atoms in total. The second-order valence-electron chi connectivity index (χ2n) is 5.62. The van der Waals surface area contributed by atoms with Crippen LogP contribution in [0, 0.1) is 0 Å². The van der Waals surface area contributed by atoms with Crippen molar-refractivity contribution in [2.45, 2.75) is 26.1 Å². The van der Waals surface area contributed by atoms with Crippen LogP contribution in [0.3, 0.4) is 0 Å². The Hall–Kier alpha value is -1.75. The van der Waals surface area contributed by atoms with Crippen molar-refractivity contribution in [3.63, 3.8) is 0 Å². The third-order valence-corrected chi connectivity index (χ3v) is 1.53. The molecule has 0 radical (unpaired) electrons. The third kappa shape index (κ3) is 22.7. The molecule has 0 aromatic rings. The van der Waals surface area contributed by atoms with Crippen molar-refractivity contribution in [1.29, 1.82) is 0 Å². The van der Waals surface area contributed by atoms with Crippen LogP contribution in [0.4, 0.5) is 0 Å². The summed E-state index contributed by atoms with van der Waals surface area (Å²) in [5.74, 6) is -2.55. The summed E-state index contributed by atoms with van der Waals surface area (Å²) in [6, 6.07) is 0. The van der Waals surface area contributed by atoms with Gasteiger partial charge < -0.3 is 34.8 Å². The molecular formula is C13H30NO9+. The van der Waals surface area contributed by atoms with Gasteiger partial charge in [0, 0.05) is 0 Å². The van der Waals surface area contributed by atoms with E-state index in [0.717, 1.165) is 11.6 Å². The van der Waals surface area contributed by atoms with Crippen molar-refractivity contribution in [3.05, 3.63) is 0 Å². The highest BCUT2D eigenvalue weighted by molar-refractivity contribution is 5.82. The zero-order valence-electron chi connectivity index (χ0n) is 14.7. The molecule has 10 heteroatoms. The van der Waals surface area contributed by atoms with Gasteiger partial charge in [-0.05, 0) is 13.8 Å². The van der Waals surface area contributed by atoms with Crippen LogP contribution in [0.15, 0.2) is 0 Å². The van der Waals surface area contributed by atoms with Crippen molar-refractivity contribution >= 4 is 17.9 Å². The molecular weight excluding hydrogens is 314 g/mol. The number of methoxy groups -OCH3 is 1. The van der Waals surface area contributed by atoms with E-state index >= 15 is 0 Å². The lowest BCUT2D eigenvalue weighted by molar-refractivity contribution is -0.849. The Morgan fingerprint density at radius 2 is 1.39 bits per heavy atom. The molecule has 0 saturated carbocycles. The fourth-order valence-electron chi connectivity index (χ4n) is 0.627. The minimum Gasteiger partial charge on any atom is -0.466 e. The highest BCUT2D eigenvalue weighted by atomic mass is 16.6. The molecule has 5 N–H and O–H groups in total. The van der Waals surface area contributed by atoms with Gasteiger partial charge >= 0.3 is 17.9 Å². The Morgan fingerprint density at radius 1 is 1.00 bits per heavy atom. The maximum absolute atomic E-state index is 11.1. The Labute approximate surface area is 136 Å². The van der Waals surface area contributed by atoms with Gasteiger partial charge in [0.05, 0.1) is 35.3 Å². The lowest BCUT2D eigenvalue weighted by atomic mass is 10.4. The SMILES string of the molecule is COC(=O)COC(=O)C(C)OC(=O)C(C)O.C[N+](C)(C)C.O.O. The number of carbonyl (C=O) groups excluding carboxylic acids is 3. The van der Waals surface area contributed by atoms with E-state index in [1.54, 1.807) is 0 Å². The van der Waals surface area contributed by atoms with E-state index in [-0.39, 0.29) is 11.0 Å². The first kappa shape index (κ1) is 29.3. The van der Waals surface area contributed by atoms with E-state index < -0.39 is 36.7 Å². The summed E-state index contributed by atoms with van der Waals surface area (Å²) in [5.41, 5.74) is 0. The highest BCUT2D eigenvalue weighted by Gasteiger charge is 2.22. The standard InChI is InChI=1S/C9H14O7.C4H12N.2H2O/c1-5(10)8(12)16-6(2)9(13)15-4-7(11)14-3;1-5(2,3)4;;/h5-6,10H,4H2,1-3H3;1-4H3;2*1H2/q;+1;;. The molecule has 0 spiro atoms. The van der Waals surface area contributed by atoms with Crippen LogP contribution in [0.25, 0.3) is 0 Å². The molecule has 0 saturated heterocycles. The summed E-state index contributed by atoms with van der Waals surface area (Å²) in [5, 5.41) is 8.81. The van der Waals surface area contributed by atoms with Crippen LogP contribution in [-0.4, -0.2) is 92.6 Å².